The van der Waals surface area contributed by atoms with E-state index in [0.29, 0.717) is 25.2 Å². The standard InChI is InChI=1S/C15H22ClN3O2/c1-18-5-3-12(11-18)13-10-15(16,4-2-14(13)17)19(6-8-20)7-9-21/h2-3,5,10-11,20-21H,4,6-9,17H2,1H3. The average Bonchev–Trinajstić information content (AvgIpc) is 2.88. The minimum absolute atomic E-state index is 0.0117. The average molecular weight is 312 g/mol. The van der Waals surface area contributed by atoms with E-state index < -0.39 is 5.00 Å². The fourth-order valence-electron chi connectivity index (χ4n) is 2.58. The summed E-state index contributed by atoms with van der Waals surface area (Å²) in [5.74, 6) is 0. The molecule has 1 aliphatic carbocycles. The summed E-state index contributed by atoms with van der Waals surface area (Å²) in [6.07, 6.45) is 8.29. The largest absolute Gasteiger partial charge is 0.398 e. The zero-order valence-electron chi connectivity index (χ0n) is 12.2. The summed E-state index contributed by atoms with van der Waals surface area (Å²) in [5, 5.41) is 18.4. The van der Waals surface area contributed by atoms with Gasteiger partial charge in [-0.25, -0.2) is 0 Å². The molecule has 0 fully saturated rings. The van der Waals surface area contributed by atoms with Crippen molar-refractivity contribution in [3.8, 4) is 0 Å². The van der Waals surface area contributed by atoms with Gasteiger partial charge in [-0.1, -0.05) is 17.7 Å². The topological polar surface area (TPSA) is 74.6 Å². The first-order chi connectivity index (χ1) is 10.00. The van der Waals surface area contributed by atoms with E-state index in [-0.39, 0.29) is 13.2 Å². The van der Waals surface area contributed by atoms with Crippen LogP contribution in [0.15, 0.2) is 36.3 Å². The summed E-state index contributed by atoms with van der Waals surface area (Å²) >= 11 is 6.74. The number of aryl methyl sites for hydroxylation is 1. The van der Waals surface area contributed by atoms with Gasteiger partial charge in [0.05, 0.1) is 13.2 Å². The second-order valence-corrected chi connectivity index (χ2v) is 5.89. The second kappa shape index (κ2) is 6.66. The molecule has 5 nitrogen and oxygen atoms in total. The van der Waals surface area contributed by atoms with E-state index in [9.17, 15) is 10.2 Å². The molecule has 0 radical (unpaired) electrons. The molecule has 1 unspecified atom stereocenters. The summed E-state index contributed by atoms with van der Waals surface area (Å²) in [6.45, 7) is 0.775. The van der Waals surface area contributed by atoms with Crippen LogP contribution in [0.4, 0.5) is 0 Å². The van der Waals surface area contributed by atoms with Crippen LogP contribution in [-0.4, -0.2) is 51.0 Å². The highest BCUT2D eigenvalue weighted by Crippen LogP contribution is 2.37. The molecule has 1 aromatic rings. The summed E-state index contributed by atoms with van der Waals surface area (Å²) in [5.41, 5.74) is 8.69. The second-order valence-electron chi connectivity index (χ2n) is 5.24. The van der Waals surface area contributed by atoms with E-state index in [1.807, 2.05) is 47.1 Å². The van der Waals surface area contributed by atoms with Crippen molar-refractivity contribution >= 4 is 17.2 Å². The molecular formula is C15H22ClN3O2. The van der Waals surface area contributed by atoms with Gasteiger partial charge in [-0.3, -0.25) is 4.90 Å². The van der Waals surface area contributed by atoms with Crippen LogP contribution in [0.1, 0.15) is 12.0 Å². The van der Waals surface area contributed by atoms with Crippen LogP contribution in [-0.2, 0) is 7.05 Å². The molecule has 1 aliphatic rings. The molecule has 0 saturated carbocycles. The molecule has 1 heterocycles. The first-order valence-electron chi connectivity index (χ1n) is 6.97. The van der Waals surface area contributed by atoms with Crippen molar-refractivity contribution in [2.75, 3.05) is 26.3 Å². The normalized spacial score (nSPS) is 22.3. The number of allylic oxidation sites excluding steroid dienone is 1. The van der Waals surface area contributed by atoms with Gasteiger partial charge in [0.1, 0.15) is 5.00 Å². The lowest BCUT2D eigenvalue weighted by Gasteiger charge is -2.38. The predicted molar refractivity (Wildman–Crippen MR) is 84.6 cm³/mol. The summed E-state index contributed by atoms with van der Waals surface area (Å²) in [6, 6.07) is 1.98. The Kier molecular flexibility index (Phi) is 5.11. The van der Waals surface area contributed by atoms with E-state index in [1.165, 1.54) is 0 Å². The van der Waals surface area contributed by atoms with Gasteiger partial charge in [-0.05, 0) is 12.1 Å². The Hall–Kier alpha value is -1.27. The van der Waals surface area contributed by atoms with Crippen LogP contribution in [0.2, 0.25) is 0 Å². The maximum atomic E-state index is 9.20. The molecule has 116 valence electrons. The highest BCUT2D eigenvalue weighted by molar-refractivity contribution is 6.26. The number of aliphatic hydroxyl groups is 2. The number of nitrogens with two attached hydrogens (primary N) is 1. The lowest BCUT2D eigenvalue weighted by atomic mass is 9.94. The van der Waals surface area contributed by atoms with Crippen LogP contribution in [0.5, 0.6) is 0 Å². The van der Waals surface area contributed by atoms with Crippen LogP contribution in [0.25, 0.3) is 5.57 Å². The monoisotopic (exact) mass is 311 g/mol. The fourth-order valence-corrected chi connectivity index (χ4v) is 2.94. The van der Waals surface area contributed by atoms with E-state index in [0.717, 1.165) is 11.1 Å². The van der Waals surface area contributed by atoms with E-state index in [2.05, 4.69) is 0 Å². The highest BCUT2D eigenvalue weighted by Gasteiger charge is 2.34. The quantitative estimate of drug-likeness (QED) is 0.538. The lowest BCUT2D eigenvalue weighted by Crippen LogP contribution is -2.46. The van der Waals surface area contributed by atoms with Crippen LogP contribution < -0.4 is 5.73 Å². The van der Waals surface area contributed by atoms with Gasteiger partial charge < -0.3 is 20.5 Å². The van der Waals surface area contributed by atoms with Crippen molar-refractivity contribution in [1.82, 2.24) is 9.47 Å². The molecule has 0 spiro atoms. The number of rotatable bonds is 6. The Morgan fingerprint density at radius 2 is 2.05 bits per heavy atom. The molecular weight excluding hydrogens is 290 g/mol. The van der Waals surface area contributed by atoms with Crippen molar-refractivity contribution in [2.45, 2.75) is 11.4 Å². The Labute approximate surface area is 129 Å². The molecule has 0 aromatic carbocycles. The molecule has 0 amide bonds. The SMILES string of the molecule is Cn1ccc(C2=CC(Cl)(N(CCO)CCO)CC=C2N)c1. The summed E-state index contributed by atoms with van der Waals surface area (Å²) < 4.78 is 1.95. The Balaban J connectivity index is 2.34. The van der Waals surface area contributed by atoms with Gasteiger partial charge >= 0.3 is 0 Å². The number of aromatic nitrogens is 1. The van der Waals surface area contributed by atoms with Crippen molar-refractivity contribution in [3.05, 3.63) is 41.9 Å². The van der Waals surface area contributed by atoms with Crippen molar-refractivity contribution < 1.29 is 10.2 Å². The smallest absolute Gasteiger partial charge is 0.119 e. The minimum Gasteiger partial charge on any atom is -0.398 e. The number of aliphatic hydroxyl groups excluding tert-OH is 2. The van der Waals surface area contributed by atoms with Gasteiger partial charge in [0, 0.05) is 55.8 Å². The van der Waals surface area contributed by atoms with E-state index in [4.69, 9.17) is 17.3 Å². The summed E-state index contributed by atoms with van der Waals surface area (Å²) in [7, 11) is 1.95. The fraction of sp³-hybridized carbons (Fsp3) is 0.467. The van der Waals surface area contributed by atoms with E-state index in [1.54, 1.807) is 0 Å². The zero-order valence-corrected chi connectivity index (χ0v) is 12.9. The van der Waals surface area contributed by atoms with Gasteiger partial charge in [0.25, 0.3) is 0 Å². The number of hydrogen-bond donors (Lipinski definition) is 3. The molecule has 4 N–H and O–H groups in total. The van der Waals surface area contributed by atoms with Crippen molar-refractivity contribution in [3.63, 3.8) is 0 Å². The third-order valence-corrected chi connectivity index (χ3v) is 4.20. The predicted octanol–water partition coefficient (Wildman–Crippen LogP) is 0.877. The van der Waals surface area contributed by atoms with Crippen molar-refractivity contribution in [2.24, 2.45) is 12.8 Å². The number of halogens is 1. The zero-order chi connectivity index (χ0) is 15.5. The molecule has 1 atom stereocenters. The first-order valence-corrected chi connectivity index (χ1v) is 7.35. The molecule has 0 saturated heterocycles. The minimum atomic E-state index is -0.778. The maximum absolute atomic E-state index is 9.20. The van der Waals surface area contributed by atoms with Gasteiger partial charge in [0.15, 0.2) is 0 Å². The lowest BCUT2D eigenvalue weighted by molar-refractivity contribution is 0.122. The third kappa shape index (κ3) is 3.49. The Morgan fingerprint density at radius 3 is 2.57 bits per heavy atom. The molecule has 2 rings (SSSR count). The molecule has 1 aromatic heterocycles. The number of hydrogen-bond acceptors (Lipinski definition) is 4. The van der Waals surface area contributed by atoms with Crippen molar-refractivity contribution in [1.29, 1.82) is 0 Å². The number of alkyl halides is 1. The van der Waals surface area contributed by atoms with Gasteiger partial charge in [0.2, 0.25) is 0 Å². The maximum Gasteiger partial charge on any atom is 0.119 e. The van der Waals surface area contributed by atoms with Crippen LogP contribution in [0, 0.1) is 0 Å². The molecule has 21 heavy (non-hydrogen) atoms. The Bertz CT molecular complexity index is 547. The molecule has 0 aliphatic heterocycles. The van der Waals surface area contributed by atoms with Gasteiger partial charge in [-0.2, -0.15) is 0 Å². The highest BCUT2D eigenvalue weighted by atomic mass is 35.5. The molecule has 0 bridgehead atoms. The number of nitrogens with zero attached hydrogens (tertiary/aromatic N) is 2. The van der Waals surface area contributed by atoms with Crippen LogP contribution >= 0.6 is 11.6 Å². The van der Waals surface area contributed by atoms with E-state index >= 15 is 0 Å². The third-order valence-electron chi connectivity index (χ3n) is 3.69. The molecule has 6 heteroatoms. The van der Waals surface area contributed by atoms with Crippen LogP contribution in [0.3, 0.4) is 0 Å². The summed E-state index contributed by atoms with van der Waals surface area (Å²) in [4.78, 5) is 1.08. The Morgan fingerprint density at radius 1 is 1.38 bits per heavy atom. The first kappa shape index (κ1) is 16.1. The van der Waals surface area contributed by atoms with Gasteiger partial charge in [-0.15, -0.1) is 0 Å².